The molecule has 5 nitrogen and oxygen atoms in total. The third-order valence-corrected chi connectivity index (χ3v) is 3.72. The average molecular weight is 328 g/mol. The van der Waals surface area contributed by atoms with Crippen molar-refractivity contribution in [2.24, 2.45) is 0 Å². The van der Waals surface area contributed by atoms with E-state index >= 15 is 0 Å². The SMILES string of the molecule is O=C(CCc1ccc(Cl)cc1)Nn1cnc2ccccc2c1=O. The Bertz CT molecular complexity index is 904. The van der Waals surface area contributed by atoms with E-state index in [2.05, 4.69) is 10.4 Å². The molecule has 0 saturated carbocycles. The monoisotopic (exact) mass is 327 g/mol. The number of aromatic nitrogens is 2. The summed E-state index contributed by atoms with van der Waals surface area (Å²) in [5.41, 5.74) is 3.87. The number of nitrogens with one attached hydrogen (secondary N) is 1. The molecule has 0 fully saturated rings. The van der Waals surface area contributed by atoms with Crippen LogP contribution >= 0.6 is 11.6 Å². The molecule has 23 heavy (non-hydrogen) atoms. The Balaban J connectivity index is 1.69. The van der Waals surface area contributed by atoms with Crippen LogP contribution in [0.4, 0.5) is 0 Å². The molecule has 0 bridgehead atoms. The maximum atomic E-state index is 12.3. The molecular formula is C17H14ClN3O2. The van der Waals surface area contributed by atoms with Crippen molar-refractivity contribution in [3.05, 3.63) is 75.8 Å². The summed E-state index contributed by atoms with van der Waals surface area (Å²) in [6.07, 6.45) is 2.16. The van der Waals surface area contributed by atoms with Crippen molar-refractivity contribution in [2.75, 3.05) is 5.43 Å². The summed E-state index contributed by atoms with van der Waals surface area (Å²) < 4.78 is 1.12. The number of benzene rings is 2. The van der Waals surface area contributed by atoms with Crippen molar-refractivity contribution < 1.29 is 4.79 Å². The molecule has 3 aromatic rings. The number of amides is 1. The first-order chi connectivity index (χ1) is 11.1. The third kappa shape index (κ3) is 3.57. The van der Waals surface area contributed by atoms with Crippen LogP contribution in [-0.2, 0) is 11.2 Å². The van der Waals surface area contributed by atoms with Gasteiger partial charge in [0.2, 0.25) is 5.91 Å². The van der Waals surface area contributed by atoms with Gasteiger partial charge in [0.15, 0.2) is 0 Å². The van der Waals surface area contributed by atoms with Crippen molar-refractivity contribution in [2.45, 2.75) is 12.8 Å². The fourth-order valence-electron chi connectivity index (χ4n) is 2.25. The minimum Gasteiger partial charge on any atom is -0.273 e. The van der Waals surface area contributed by atoms with Crippen molar-refractivity contribution in [1.82, 2.24) is 9.66 Å². The van der Waals surface area contributed by atoms with Crippen LogP contribution in [-0.4, -0.2) is 15.6 Å². The van der Waals surface area contributed by atoms with Crippen LogP contribution in [0, 0.1) is 0 Å². The highest BCUT2D eigenvalue weighted by Gasteiger charge is 2.07. The fourth-order valence-corrected chi connectivity index (χ4v) is 2.37. The number of hydrogen-bond donors (Lipinski definition) is 1. The highest BCUT2D eigenvalue weighted by Crippen LogP contribution is 2.11. The number of aryl methyl sites for hydroxylation is 1. The summed E-state index contributed by atoms with van der Waals surface area (Å²) in [7, 11) is 0. The second kappa shape index (κ2) is 6.62. The first-order valence-electron chi connectivity index (χ1n) is 7.14. The molecular weight excluding hydrogens is 314 g/mol. The summed E-state index contributed by atoms with van der Waals surface area (Å²) in [5, 5.41) is 1.12. The molecule has 1 aromatic heterocycles. The minimum atomic E-state index is -0.296. The Morgan fingerprint density at radius 3 is 2.65 bits per heavy atom. The summed E-state index contributed by atoms with van der Waals surface area (Å²) in [4.78, 5) is 28.4. The smallest absolute Gasteiger partial charge is 0.273 e. The van der Waals surface area contributed by atoms with Crippen molar-refractivity contribution >= 4 is 28.4 Å². The van der Waals surface area contributed by atoms with Gasteiger partial charge in [-0.3, -0.25) is 15.0 Å². The third-order valence-electron chi connectivity index (χ3n) is 3.46. The largest absolute Gasteiger partial charge is 0.280 e. The maximum Gasteiger partial charge on any atom is 0.280 e. The van der Waals surface area contributed by atoms with Gasteiger partial charge in [-0.25, -0.2) is 9.66 Å². The second-order valence-corrected chi connectivity index (χ2v) is 5.53. The molecule has 0 aliphatic carbocycles. The first kappa shape index (κ1) is 15.2. The van der Waals surface area contributed by atoms with Gasteiger partial charge in [-0.2, -0.15) is 0 Å². The summed E-state index contributed by atoms with van der Waals surface area (Å²) in [5.74, 6) is -0.251. The van der Waals surface area contributed by atoms with E-state index in [0.717, 1.165) is 10.2 Å². The number of para-hydroxylation sites is 1. The summed E-state index contributed by atoms with van der Waals surface area (Å²) >= 11 is 5.82. The van der Waals surface area contributed by atoms with Crippen LogP contribution in [0.25, 0.3) is 10.9 Å². The van der Waals surface area contributed by atoms with E-state index in [1.54, 1.807) is 30.3 Å². The van der Waals surface area contributed by atoms with E-state index in [9.17, 15) is 9.59 Å². The normalized spacial score (nSPS) is 10.7. The molecule has 1 amide bonds. The Labute approximate surface area is 137 Å². The van der Waals surface area contributed by atoms with Crippen molar-refractivity contribution in [1.29, 1.82) is 0 Å². The molecule has 0 aliphatic rings. The van der Waals surface area contributed by atoms with E-state index < -0.39 is 0 Å². The van der Waals surface area contributed by atoms with Gasteiger partial charge in [0, 0.05) is 11.4 Å². The number of carbonyl (C=O) groups is 1. The molecule has 0 spiro atoms. The minimum absolute atomic E-state index is 0.251. The van der Waals surface area contributed by atoms with Crippen LogP contribution in [0.1, 0.15) is 12.0 Å². The van der Waals surface area contributed by atoms with Crippen molar-refractivity contribution in [3.63, 3.8) is 0 Å². The Hall–Kier alpha value is -2.66. The number of hydrogen-bond acceptors (Lipinski definition) is 3. The zero-order valence-electron chi connectivity index (χ0n) is 12.2. The molecule has 2 aromatic carbocycles. The van der Waals surface area contributed by atoms with Crippen LogP contribution in [0.15, 0.2) is 59.7 Å². The van der Waals surface area contributed by atoms with Crippen LogP contribution in [0.2, 0.25) is 5.02 Å². The van der Waals surface area contributed by atoms with Gasteiger partial charge in [0.05, 0.1) is 10.9 Å². The molecule has 1 heterocycles. The molecule has 0 aliphatic heterocycles. The number of nitrogens with zero attached hydrogens (tertiary/aromatic N) is 2. The molecule has 1 N–H and O–H groups in total. The zero-order chi connectivity index (χ0) is 16.2. The number of carbonyl (C=O) groups excluding carboxylic acids is 1. The molecule has 116 valence electrons. The molecule has 6 heteroatoms. The van der Waals surface area contributed by atoms with E-state index in [1.165, 1.54) is 6.33 Å². The predicted octanol–water partition coefficient (Wildman–Crippen LogP) is 2.75. The van der Waals surface area contributed by atoms with Crippen LogP contribution < -0.4 is 11.0 Å². The number of fused-ring (bicyclic) bond motifs is 1. The second-order valence-electron chi connectivity index (χ2n) is 5.10. The highest BCUT2D eigenvalue weighted by molar-refractivity contribution is 6.30. The van der Waals surface area contributed by atoms with E-state index in [1.807, 2.05) is 18.2 Å². The first-order valence-corrected chi connectivity index (χ1v) is 7.52. The average Bonchev–Trinajstić information content (AvgIpc) is 2.57. The lowest BCUT2D eigenvalue weighted by atomic mass is 10.1. The van der Waals surface area contributed by atoms with Gasteiger partial charge >= 0.3 is 0 Å². The standard InChI is InChI=1S/C17H14ClN3O2/c18-13-8-5-12(6-9-13)7-10-16(22)20-21-11-19-15-4-2-1-3-14(15)17(21)23/h1-6,8-9,11H,7,10H2,(H,20,22). The lowest BCUT2D eigenvalue weighted by molar-refractivity contribution is -0.117. The maximum absolute atomic E-state index is 12.3. The van der Waals surface area contributed by atoms with Gasteiger partial charge in [-0.15, -0.1) is 0 Å². The lowest BCUT2D eigenvalue weighted by Crippen LogP contribution is -2.33. The van der Waals surface area contributed by atoms with Crippen LogP contribution in [0.5, 0.6) is 0 Å². The zero-order valence-corrected chi connectivity index (χ0v) is 13.0. The van der Waals surface area contributed by atoms with Gasteiger partial charge in [-0.1, -0.05) is 35.9 Å². The van der Waals surface area contributed by atoms with Crippen LogP contribution in [0.3, 0.4) is 0 Å². The Kier molecular flexibility index (Phi) is 4.39. The quantitative estimate of drug-likeness (QED) is 0.801. The van der Waals surface area contributed by atoms with E-state index in [4.69, 9.17) is 11.6 Å². The highest BCUT2D eigenvalue weighted by atomic mass is 35.5. The van der Waals surface area contributed by atoms with Gasteiger partial charge in [-0.05, 0) is 36.2 Å². The Morgan fingerprint density at radius 2 is 1.87 bits per heavy atom. The summed E-state index contributed by atoms with van der Waals surface area (Å²) in [6, 6.07) is 14.3. The van der Waals surface area contributed by atoms with E-state index in [0.29, 0.717) is 22.3 Å². The molecule has 0 saturated heterocycles. The molecule has 3 rings (SSSR count). The fraction of sp³-hybridized carbons (Fsp3) is 0.118. The van der Waals surface area contributed by atoms with Crippen molar-refractivity contribution in [3.8, 4) is 0 Å². The molecule has 0 atom stereocenters. The topological polar surface area (TPSA) is 64.0 Å². The molecule has 0 radical (unpaired) electrons. The summed E-state index contributed by atoms with van der Waals surface area (Å²) in [6.45, 7) is 0. The van der Waals surface area contributed by atoms with E-state index in [-0.39, 0.29) is 17.9 Å². The lowest BCUT2D eigenvalue weighted by Gasteiger charge is -2.08. The Morgan fingerprint density at radius 1 is 1.13 bits per heavy atom. The van der Waals surface area contributed by atoms with Gasteiger partial charge < -0.3 is 0 Å². The molecule has 0 unspecified atom stereocenters. The van der Waals surface area contributed by atoms with Gasteiger partial charge in [0.25, 0.3) is 5.56 Å². The predicted molar refractivity (Wildman–Crippen MR) is 90.1 cm³/mol. The number of halogens is 1. The van der Waals surface area contributed by atoms with Gasteiger partial charge in [0.1, 0.15) is 6.33 Å². The number of rotatable bonds is 4.